The van der Waals surface area contributed by atoms with Gasteiger partial charge in [-0.3, -0.25) is 14.6 Å². The second-order valence-corrected chi connectivity index (χ2v) is 14.6. The van der Waals surface area contributed by atoms with Crippen molar-refractivity contribution in [3.63, 3.8) is 0 Å². The molecule has 3 atom stereocenters. The van der Waals surface area contributed by atoms with Crippen molar-refractivity contribution in [1.29, 1.82) is 0 Å². The van der Waals surface area contributed by atoms with Crippen molar-refractivity contribution in [2.24, 2.45) is 0 Å². The Kier molecular flexibility index (Phi) is 11.0. The Morgan fingerprint density at radius 3 is 2.40 bits per heavy atom. The van der Waals surface area contributed by atoms with Gasteiger partial charge >= 0.3 is 11.9 Å². The Labute approximate surface area is 310 Å². The predicted molar refractivity (Wildman–Crippen MR) is 210 cm³/mol. The van der Waals surface area contributed by atoms with E-state index in [4.69, 9.17) is 19.4 Å². The highest BCUT2D eigenvalue weighted by Crippen LogP contribution is 2.46. The number of unbranched alkanes of at least 4 members (excludes halogenated alkanes) is 2. The molecular weight excluding hydrogens is 668 g/mol. The summed E-state index contributed by atoms with van der Waals surface area (Å²) in [4.78, 5) is 43.9. The monoisotopic (exact) mass is 720 g/mol. The number of esters is 2. The van der Waals surface area contributed by atoms with Crippen LogP contribution in [0.4, 0.5) is 0 Å². The average molecular weight is 721 g/mol. The second-order valence-electron chi connectivity index (χ2n) is 14.6. The molecule has 8 bridgehead atoms. The lowest BCUT2D eigenvalue weighted by atomic mass is 9.84. The van der Waals surface area contributed by atoms with Crippen molar-refractivity contribution in [3.05, 3.63) is 79.8 Å². The topological polar surface area (TPSA) is 150 Å². The van der Waals surface area contributed by atoms with Crippen LogP contribution in [0.1, 0.15) is 137 Å². The maximum Gasteiger partial charge on any atom is 0.321 e. The molecule has 3 aliphatic rings. The first-order valence-corrected chi connectivity index (χ1v) is 18.8. The van der Waals surface area contributed by atoms with Crippen molar-refractivity contribution in [1.82, 2.24) is 19.9 Å². The van der Waals surface area contributed by atoms with Gasteiger partial charge in [-0.15, -0.1) is 0 Å². The van der Waals surface area contributed by atoms with Crippen molar-refractivity contribution in [2.75, 3.05) is 13.7 Å². The molecular formula is C43H52N4O6. The first kappa shape index (κ1) is 37.6. The molecule has 1 aliphatic carbocycles. The van der Waals surface area contributed by atoms with Crippen LogP contribution in [0.3, 0.4) is 0 Å². The molecule has 0 fully saturated rings. The molecule has 6 rings (SSSR count). The van der Waals surface area contributed by atoms with Crippen LogP contribution in [0, 0.1) is 13.8 Å². The smallest absolute Gasteiger partial charge is 0.321 e. The number of aryl methyl sites for hydroxylation is 2. The lowest BCUT2D eigenvalue weighted by Gasteiger charge is -2.19. The Balaban J connectivity index is 1.56. The van der Waals surface area contributed by atoms with E-state index in [-0.39, 0.29) is 36.6 Å². The van der Waals surface area contributed by atoms with E-state index in [1.54, 1.807) is 0 Å². The van der Waals surface area contributed by atoms with Gasteiger partial charge in [-0.1, -0.05) is 39.2 Å². The van der Waals surface area contributed by atoms with Crippen LogP contribution >= 0.6 is 0 Å². The fourth-order valence-corrected chi connectivity index (χ4v) is 8.12. The van der Waals surface area contributed by atoms with Crippen molar-refractivity contribution in [3.8, 4) is 0 Å². The minimum atomic E-state index is -1.09. The van der Waals surface area contributed by atoms with Crippen LogP contribution in [0.15, 0.2) is 29.8 Å². The molecule has 10 heteroatoms. The SMILES string of the molecule is CCCCC/C(C)=C/COC(=O)CC[C@@H]1c2nc(cc3[nH]c(cc4nc(cc5[nH]c6c2[C@@H](C(=O)OC)C(O)=c6c5C)C(CC)=C4C)c(=CO)c3C)[C@H]1C. The third kappa shape index (κ3) is 6.91. The van der Waals surface area contributed by atoms with E-state index in [1.165, 1.54) is 19.1 Å². The molecule has 0 radical (unpaired) electrons. The van der Waals surface area contributed by atoms with Gasteiger partial charge in [0.05, 0.1) is 41.5 Å². The van der Waals surface area contributed by atoms with Gasteiger partial charge in [0.15, 0.2) is 0 Å². The van der Waals surface area contributed by atoms with E-state index in [1.807, 2.05) is 38.1 Å². The summed E-state index contributed by atoms with van der Waals surface area (Å²) in [7, 11) is 1.31. The molecule has 0 saturated carbocycles. The summed E-state index contributed by atoms with van der Waals surface area (Å²) >= 11 is 0. The molecule has 0 aromatic carbocycles. The molecule has 0 saturated heterocycles. The predicted octanol–water partition coefficient (Wildman–Crippen LogP) is 8.24. The zero-order chi connectivity index (χ0) is 38.1. The van der Waals surface area contributed by atoms with Gasteiger partial charge in [0.25, 0.3) is 0 Å². The summed E-state index contributed by atoms with van der Waals surface area (Å²) in [5.74, 6) is -2.53. The lowest BCUT2D eigenvalue weighted by Crippen LogP contribution is -2.18. The molecule has 0 spiro atoms. The molecule has 2 aliphatic heterocycles. The van der Waals surface area contributed by atoms with Crippen molar-refractivity contribution in [2.45, 2.75) is 111 Å². The van der Waals surface area contributed by atoms with E-state index >= 15 is 0 Å². The van der Waals surface area contributed by atoms with Gasteiger partial charge in [-0.05, 0) is 99.9 Å². The molecule has 5 heterocycles. The number of carbonyl (C=O) groups excluding carboxylic acids is 2. The number of hydrogen-bond acceptors (Lipinski definition) is 8. The summed E-state index contributed by atoms with van der Waals surface area (Å²) in [5.41, 5.74) is 11.3. The average Bonchev–Trinajstić information content (AvgIpc) is 3.87. The largest absolute Gasteiger partial charge is 0.515 e. The Morgan fingerprint density at radius 2 is 1.70 bits per heavy atom. The minimum Gasteiger partial charge on any atom is -0.515 e. The normalized spacial score (nSPS) is 18.6. The zero-order valence-electron chi connectivity index (χ0n) is 32.2. The van der Waals surface area contributed by atoms with Gasteiger partial charge in [-0.25, -0.2) is 4.98 Å². The van der Waals surface area contributed by atoms with Crippen LogP contribution in [-0.4, -0.2) is 55.8 Å². The molecule has 3 aromatic heterocycles. The second kappa shape index (κ2) is 15.5. The van der Waals surface area contributed by atoms with Crippen LogP contribution < -0.4 is 10.4 Å². The number of H-pyrrole nitrogens is 2. The summed E-state index contributed by atoms with van der Waals surface area (Å²) in [6.45, 7) is 14.5. The summed E-state index contributed by atoms with van der Waals surface area (Å²) in [6, 6.07) is 5.93. The third-order valence-corrected chi connectivity index (χ3v) is 11.4. The molecule has 3 aromatic rings. The maximum atomic E-state index is 13.5. The van der Waals surface area contributed by atoms with Crippen LogP contribution in [0.25, 0.3) is 45.2 Å². The van der Waals surface area contributed by atoms with Crippen molar-refractivity contribution < 1.29 is 29.3 Å². The Morgan fingerprint density at radius 1 is 0.962 bits per heavy atom. The standard InChI is InChI=1S/C43H52N4O6/c1-9-11-12-13-22(3)16-17-53-36(49)15-14-28-24(5)32-18-30-25(6)29(21-48)35(45-30)19-31-23(4)27(10-2)34(44-31)20-33-26(7)37-41(47-33)38(40(28)46-32)39(42(37)50)43(51)52-8/h16,18-21,24,28,39,45,47-48,50H,9-15,17H2,1-8H3/b22-16+,29-21?,32-18?,34-20?,35-19?/t24-,28-,39+/m0/s1. The van der Waals surface area contributed by atoms with E-state index < -0.39 is 11.9 Å². The maximum absolute atomic E-state index is 13.5. The molecule has 0 amide bonds. The Hall–Kier alpha value is -5.12. The quantitative estimate of drug-likeness (QED) is 0.0879. The fourth-order valence-electron chi connectivity index (χ4n) is 8.12. The number of rotatable bonds is 11. The molecule has 4 N–H and O–H groups in total. The molecule has 280 valence electrons. The highest BCUT2D eigenvalue weighted by Gasteiger charge is 2.41. The number of nitrogens with one attached hydrogen (secondary N) is 2. The van der Waals surface area contributed by atoms with E-state index in [9.17, 15) is 19.8 Å². The lowest BCUT2D eigenvalue weighted by molar-refractivity contribution is -0.143. The zero-order valence-corrected chi connectivity index (χ0v) is 32.2. The van der Waals surface area contributed by atoms with E-state index in [0.717, 1.165) is 87.9 Å². The summed E-state index contributed by atoms with van der Waals surface area (Å²) in [5, 5.41) is 23.4. The number of aliphatic hydroxyl groups is 2. The molecule has 10 nitrogen and oxygen atoms in total. The summed E-state index contributed by atoms with van der Waals surface area (Å²) in [6.07, 6.45) is 8.86. The van der Waals surface area contributed by atoms with Crippen LogP contribution in [-0.2, 0) is 19.1 Å². The number of aliphatic hydroxyl groups excluding tert-OH is 2. The number of allylic oxidation sites excluding steroid dienone is 3. The van der Waals surface area contributed by atoms with E-state index in [2.05, 4.69) is 44.6 Å². The minimum absolute atomic E-state index is 0.0900. The highest BCUT2D eigenvalue weighted by molar-refractivity contribution is 5.97. The first-order valence-electron chi connectivity index (χ1n) is 18.8. The van der Waals surface area contributed by atoms with Gasteiger partial charge in [0.1, 0.15) is 18.3 Å². The molecule has 53 heavy (non-hydrogen) atoms. The number of ether oxygens (including phenoxy) is 2. The number of aromatic nitrogens is 4. The summed E-state index contributed by atoms with van der Waals surface area (Å²) < 4.78 is 10.9. The Bertz CT molecular complexity index is 2330. The number of methoxy groups -OCH3 is 1. The van der Waals surface area contributed by atoms with Gasteiger partial charge < -0.3 is 29.7 Å². The van der Waals surface area contributed by atoms with Crippen LogP contribution in [0.2, 0.25) is 0 Å². The first-order chi connectivity index (χ1) is 25.4. The number of carbonyl (C=O) groups is 2. The third-order valence-electron chi connectivity index (χ3n) is 11.4. The number of nitrogens with zero attached hydrogens (tertiary/aromatic N) is 2. The molecule has 0 unspecified atom stereocenters. The number of hydrogen-bond donors (Lipinski definition) is 4. The van der Waals surface area contributed by atoms with Crippen LogP contribution in [0.5, 0.6) is 0 Å². The number of aromatic amines is 2. The number of fused-ring (bicyclic) bond motifs is 8. The van der Waals surface area contributed by atoms with Crippen molar-refractivity contribution >= 4 is 57.2 Å². The van der Waals surface area contributed by atoms with Gasteiger partial charge in [0, 0.05) is 51.0 Å². The highest BCUT2D eigenvalue weighted by atomic mass is 16.5. The van der Waals surface area contributed by atoms with Gasteiger partial charge in [-0.2, -0.15) is 0 Å². The van der Waals surface area contributed by atoms with E-state index in [0.29, 0.717) is 33.6 Å². The fraction of sp³-hybridized carbons (Fsp3) is 0.442. The van der Waals surface area contributed by atoms with Gasteiger partial charge in [0.2, 0.25) is 0 Å².